The molecular weight excluding hydrogens is 329 g/mol. The van der Waals surface area contributed by atoms with Gasteiger partial charge in [-0.2, -0.15) is 0 Å². The second-order valence-electron chi connectivity index (χ2n) is 4.44. The van der Waals surface area contributed by atoms with Crippen molar-refractivity contribution < 1.29 is 4.39 Å². The third kappa shape index (κ3) is 3.78. The molecule has 1 nitrogen and oxygen atoms in total. The lowest BCUT2D eigenvalue weighted by atomic mass is 9.92. The lowest BCUT2D eigenvalue weighted by Gasteiger charge is -2.15. The van der Waals surface area contributed by atoms with Crippen molar-refractivity contribution in [1.82, 2.24) is 0 Å². The molecule has 0 aliphatic heterocycles. The molecule has 4 heteroatoms. The first-order chi connectivity index (χ1) is 9.10. The number of hydrogen-bond acceptors (Lipinski definition) is 1. The first-order valence-electron chi connectivity index (χ1n) is 5.99. The first-order valence-corrected chi connectivity index (χ1v) is 7.16. The standard InChI is InChI=1S/C15H14BrClFN/c16-14-8-10(1-6-15(14)18)7-12(9-19)11-2-4-13(17)5-3-11/h1-6,8,12H,7,9,19H2. The summed E-state index contributed by atoms with van der Waals surface area (Å²) in [5, 5.41) is 0.712. The molecule has 0 fully saturated rings. The highest BCUT2D eigenvalue weighted by molar-refractivity contribution is 9.10. The average Bonchev–Trinajstić information content (AvgIpc) is 2.41. The summed E-state index contributed by atoms with van der Waals surface area (Å²) in [5.41, 5.74) is 8.04. The van der Waals surface area contributed by atoms with Gasteiger partial charge in [-0.15, -0.1) is 0 Å². The molecule has 19 heavy (non-hydrogen) atoms. The average molecular weight is 343 g/mol. The molecule has 2 aromatic carbocycles. The van der Waals surface area contributed by atoms with E-state index in [4.69, 9.17) is 17.3 Å². The largest absolute Gasteiger partial charge is 0.330 e. The number of benzene rings is 2. The molecule has 0 aliphatic carbocycles. The molecule has 0 saturated heterocycles. The van der Waals surface area contributed by atoms with Gasteiger partial charge < -0.3 is 5.73 Å². The quantitative estimate of drug-likeness (QED) is 0.868. The van der Waals surface area contributed by atoms with E-state index in [1.165, 1.54) is 6.07 Å². The van der Waals surface area contributed by atoms with Gasteiger partial charge in [-0.1, -0.05) is 29.8 Å². The SMILES string of the molecule is NCC(Cc1ccc(F)c(Br)c1)c1ccc(Cl)cc1. The zero-order valence-electron chi connectivity index (χ0n) is 10.2. The maximum atomic E-state index is 13.2. The van der Waals surface area contributed by atoms with Crippen LogP contribution in [0.5, 0.6) is 0 Å². The molecule has 0 heterocycles. The van der Waals surface area contributed by atoms with E-state index in [9.17, 15) is 4.39 Å². The topological polar surface area (TPSA) is 26.0 Å². The Kier molecular flexibility index (Phi) is 4.97. The highest BCUT2D eigenvalue weighted by Crippen LogP contribution is 2.24. The van der Waals surface area contributed by atoms with Gasteiger partial charge in [0, 0.05) is 10.9 Å². The molecule has 0 radical (unpaired) electrons. The van der Waals surface area contributed by atoms with Crippen molar-refractivity contribution in [1.29, 1.82) is 0 Å². The van der Waals surface area contributed by atoms with Crippen LogP contribution in [-0.4, -0.2) is 6.54 Å². The van der Waals surface area contributed by atoms with E-state index >= 15 is 0 Å². The van der Waals surface area contributed by atoms with Gasteiger partial charge in [0.15, 0.2) is 0 Å². The Morgan fingerprint density at radius 3 is 2.42 bits per heavy atom. The highest BCUT2D eigenvalue weighted by Gasteiger charge is 2.11. The van der Waals surface area contributed by atoms with Gasteiger partial charge in [0.05, 0.1) is 4.47 Å². The van der Waals surface area contributed by atoms with E-state index in [-0.39, 0.29) is 11.7 Å². The van der Waals surface area contributed by atoms with Crippen molar-refractivity contribution in [2.24, 2.45) is 5.73 Å². The minimum atomic E-state index is -0.250. The third-order valence-corrected chi connectivity index (χ3v) is 3.95. The van der Waals surface area contributed by atoms with E-state index < -0.39 is 0 Å². The first kappa shape index (κ1) is 14.5. The van der Waals surface area contributed by atoms with Crippen molar-refractivity contribution in [3.63, 3.8) is 0 Å². The normalized spacial score (nSPS) is 12.4. The van der Waals surface area contributed by atoms with Gasteiger partial charge in [-0.25, -0.2) is 4.39 Å². The Labute approximate surface area is 125 Å². The highest BCUT2D eigenvalue weighted by atomic mass is 79.9. The number of nitrogens with two attached hydrogens (primary N) is 1. The van der Waals surface area contributed by atoms with Gasteiger partial charge in [0.2, 0.25) is 0 Å². The molecule has 100 valence electrons. The third-order valence-electron chi connectivity index (χ3n) is 3.09. The molecule has 2 rings (SSSR count). The van der Waals surface area contributed by atoms with Crippen LogP contribution in [0.15, 0.2) is 46.9 Å². The van der Waals surface area contributed by atoms with Crippen LogP contribution in [0.4, 0.5) is 4.39 Å². The Hall–Kier alpha value is -0.900. The van der Waals surface area contributed by atoms with E-state index in [0.29, 0.717) is 16.0 Å². The molecule has 0 amide bonds. The summed E-state index contributed by atoms with van der Waals surface area (Å²) in [5.74, 6) is -0.0471. The Morgan fingerprint density at radius 1 is 1.16 bits per heavy atom. The summed E-state index contributed by atoms with van der Waals surface area (Å²) < 4.78 is 13.7. The molecule has 0 aliphatic rings. The number of halogens is 3. The minimum absolute atomic E-state index is 0.203. The molecule has 0 spiro atoms. The van der Waals surface area contributed by atoms with Crippen LogP contribution in [0.3, 0.4) is 0 Å². The van der Waals surface area contributed by atoms with Gasteiger partial charge in [-0.05, 0) is 64.3 Å². The van der Waals surface area contributed by atoms with Crippen LogP contribution in [-0.2, 0) is 6.42 Å². The molecule has 1 atom stereocenters. The lowest BCUT2D eigenvalue weighted by Crippen LogP contribution is -2.15. The summed E-state index contributed by atoms with van der Waals surface area (Å²) >= 11 is 9.08. The predicted molar refractivity (Wildman–Crippen MR) is 81.1 cm³/mol. The molecule has 1 unspecified atom stereocenters. The number of rotatable bonds is 4. The van der Waals surface area contributed by atoms with Crippen LogP contribution >= 0.6 is 27.5 Å². The lowest BCUT2D eigenvalue weighted by molar-refractivity contribution is 0.618. The van der Waals surface area contributed by atoms with Crippen molar-refractivity contribution in [3.8, 4) is 0 Å². The molecule has 2 N–H and O–H groups in total. The van der Waals surface area contributed by atoms with E-state index in [1.807, 2.05) is 24.3 Å². The smallest absolute Gasteiger partial charge is 0.137 e. The molecule has 0 bridgehead atoms. The summed E-state index contributed by atoms with van der Waals surface area (Å²) in [7, 11) is 0. The van der Waals surface area contributed by atoms with Crippen LogP contribution in [0, 0.1) is 5.82 Å². The second kappa shape index (κ2) is 6.51. The molecule has 2 aromatic rings. The van der Waals surface area contributed by atoms with Gasteiger partial charge in [-0.3, -0.25) is 0 Å². The molecule has 0 saturated carbocycles. The van der Waals surface area contributed by atoms with Gasteiger partial charge >= 0.3 is 0 Å². The molecular formula is C15H14BrClFN. The van der Waals surface area contributed by atoms with Gasteiger partial charge in [0.25, 0.3) is 0 Å². The summed E-state index contributed by atoms with van der Waals surface area (Å²) in [6, 6.07) is 12.7. The predicted octanol–water partition coefficient (Wildman–Crippen LogP) is 4.53. The van der Waals surface area contributed by atoms with Crippen molar-refractivity contribution >= 4 is 27.5 Å². The minimum Gasteiger partial charge on any atom is -0.330 e. The molecule has 0 aromatic heterocycles. The fraction of sp³-hybridized carbons (Fsp3) is 0.200. The van der Waals surface area contributed by atoms with Crippen LogP contribution < -0.4 is 5.73 Å². The number of hydrogen-bond donors (Lipinski definition) is 1. The fourth-order valence-electron chi connectivity index (χ4n) is 2.02. The van der Waals surface area contributed by atoms with E-state index in [1.54, 1.807) is 12.1 Å². The van der Waals surface area contributed by atoms with Crippen LogP contribution in [0.1, 0.15) is 17.0 Å². The van der Waals surface area contributed by atoms with Crippen molar-refractivity contribution in [2.45, 2.75) is 12.3 Å². The maximum Gasteiger partial charge on any atom is 0.137 e. The summed E-state index contributed by atoms with van der Waals surface area (Å²) in [6.45, 7) is 0.538. The summed E-state index contributed by atoms with van der Waals surface area (Å²) in [6.07, 6.45) is 0.775. The summed E-state index contributed by atoms with van der Waals surface area (Å²) in [4.78, 5) is 0. The zero-order valence-corrected chi connectivity index (χ0v) is 12.6. The Bertz CT molecular complexity index is 557. The van der Waals surface area contributed by atoms with Crippen LogP contribution in [0.25, 0.3) is 0 Å². The van der Waals surface area contributed by atoms with E-state index in [0.717, 1.165) is 17.5 Å². The van der Waals surface area contributed by atoms with Crippen LogP contribution in [0.2, 0.25) is 5.02 Å². The maximum absolute atomic E-state index is 13.2. The van der Waals surface area contributed by atoms with Gasteiger partial charge in [0.1, 0.15) is 5.82 Å². The van der Waals surface area contributed by atoms with Crippen molar-refractivity contribution in [3.05, 3.63) is 68.9 Å². The second-order valence-corrected chi connectivity index (χ2v) is 5.73. The Morgan fingerprint density at radius 2 is 1.84 bits per heavy atom. The fourth-order valence-corrected chi connectivity index (χ4v) is 2.58. The van der Waals surface area contributed by atoms with Crippen molar-refractivity contribution in [2.75, 3.05) is 6.54 Å². The monoisotopic (exact) mass is 341 g/mol. The zero-order chi connectivity index (χ0) is 13.8. The van der Waals surface area contributed by atoms with E-state index in [2.05, 4.69) is 15.9 Å². The Balaban J connectivity index is 2.18.